The summed E-state index contributed by atoms with van der Waals surface area (Å²) in [5.74, 6) is -0.159. The first-order valence-corrected chi connectivity index (χ1v) is 9.27. The number of likely N-dealkylation sites (tertiary alicyclic amines) is 1. The average Bonchev–Trinajstić information content (AvgIpc) is 2.61. The van der Waals surface area contributed by atoms with Gasteiger partial charge in [0, 0.05) is 19.5 Å². The first-order valence-electron chi connectivity index (χ1n) is 9.27. The van der Waals surface area contributed by atoms with Crippen molar-refractivity contribution >= 4 is 12.1 Å². The number of nitrogens with zero attached hydrogens (tertiary/aromatic N) is 1. The maximum absolute atomic E-state index is 12.8. The van der Waals surface area contributed by atoms with E-state index in [1.54, 1.807) is 17.0 Å². The number of hydrogen-bond acceptors (Lipinski definition) is 5. The standard InChI is InChI=1S/C20H28FNO5/c1-20(2,3)27-19(24)22-11-9-15(10-12-22)18(23)26-14-4-13-25-17-7-5-16(21)6-8-17/h5-8,15H,4,9-14H2,1-3H3. The molecule has 1 saturated heterocycles. The van der Waals surface area contributed by atoms with Crippen LogP contribution in [0.25, 0.3) is 0 Å². The van der Waals surface area contributed by atoms with E-state index in [1.807, 2.05) is 20.8 Å². The number of halogens is 1. The number of amides is 1. The lowest BCUT2D eigenvalue weighted by molar-refractivity contribution is -0.150. The van der Waals surface area contributed by atoms with Crippen molar-refractivity contribution in [3.8, 4) is 5.75 Å². The summed E-state index contributed by atoms with van der Waals surface area (Å²) in [6, 6.07) is 5.78. The van der Waals surface area contributed by atoms with Crippen LogP contribution in [0, 0.1) is 11.7 Å². The van der Waals surface area contributed by atoms with Crippen molar-refractivity contribution in [1.29, 1.82) is 0 Å². The van der Waals surface area contributed by atoms with Crippen LogP contribution in [0.4, 0.5) is 9.18 Å². The molecule has 1 aromatic carbocycles. The first-order chi connectivity index (χ1) is 12.7. The number of hydrogen-bond donors (Lipinski definition) is 0. The molecule has 0 unspecified atom stereocenters. The van der Waals surface area contributed by atoms with E-state index in [-0.39, 0.29) is 30.4 Å². The zero-order chi connectivity index (χ0) is 19.9. The fourth-order valence-electron chi connectivity index (χ4n) is 2.69. The zero-order valence-electron chi connectivity index (χ0n) is 16.2. The van der Waals surface area contributed by atoms with Crippen LogP contribution in [0.2, 0.25) is 0 Å². The third-order valence-electron chi connectivity index (χ3n) is 4.10. The van der Waals surface area contributed by atoms with Crippen LogP contribution < -0.4 is 4.74 Å². The van der Waals surface area contributed by atoms with Crippen LogP contribution in [0.15, 0.2) is 24.3 Å². The highest BCUT2D eigenvalue weighted by atomic mass is 19.1. The monoisotopic (exact) mass is 381 g/mol. The van der Waals surface area contributed by atoms with Gasteiger partial charge in [-0.1, -0.05) is 0 Å². The molecule has 0 saturated carbocycles. The smallest absolute Gasteiger partial charge is 0.410 e. The van der Waals surface area contributed by atoms with Crippen LogP contribution in [-0.2, 0) is 14.3 Å². The molecule has 0 radical (unpaired) electrons. The van der Waals surface area contributed by atoms with Gasteiger partial charge in [0.25, 0.3) is 0 Å². The van der Waals surface area contributed by atoms with Gasteiger partial charge >= 0.3 is 12.1 Å². The van der Waals surface area contributed by atoms with Gasteiger partial charge in [-0.15, -0.1) is 0 Å². The second-order valence-corrected chi connectivity index (χ2v) is 7.57. The lowest BCUT2D eigenvalue weighted by Gasteiger charge is -2.32. The third-order valence-corrected chi connectivity index (χ3v) is 4.10. The van der Waals surface area contributed by atoms with E-state index in [0.717, 1.165) is 0 Å². The molecular formula is C20H28FNO5. The Hall–Kier alpha value is -2.31. The highest BCUT2D eigenvalue weighted by molar-refractivity contribution is 5.73. The molecule has 7 heteroatoms. The molecule has 0 spiro atoms. The molecular weight excluding hydrogens is 353 g/mol. The number of benzene rings is 1. The van der Waals surface area contributed by atoms with E-state index in [9.17, 15) is 14.0 Å². The van der Waals surface area contributed by atoms with Crippen LogP contribution in [-0.4, -0.2) is 48.9 Å². The molecule has 0 aromatic heterocycles. The first kappa shape index (κ1) is 21.0. The summed E-state index contributed by atoms with van der Waals surface area (Å²) >= 11 is 0. The molecule has 1 aromatic rings. The van der Waals surface area contributed by atoms with Crippen molar-refractivity contribution in [3.63, 3.8) is 0 Å². The summed E-state index contributed by atoms with van der Waals surface area (Å²) in [5.41, 5.74) is -0.525. The molecule has 1 aliphatic rings. The minimum atomic E-state index is -0.525. The molecule has 1 fully saturated rings. The van der Waals surface area contributed by atoms with Gasteiger partial charge in [-0.25, -0.2) is 9.18 Å². The van der Waals surface area contributed by atoms with E-state index in [4.69, 9.17) is 14.2 Å². The summed E-state index contributed by atoms with van der Waals surface area (Å²) < 4.78 is 28.9. The topological polar surface area (TPSA) is 65.1 Å². The van der Waals surface area contributed by atoms with Crippen LogP contribution in [0.5, 0.6) is 5.75 Å². The van der Waals surface area contributed by atoms with E-state index < -0.39 is 5.60 Å². The fraction of sp³-hybridized carbons (Fsp3) is 0.600. The Labute approximate surface area is 159 Å². The molecule has 0 N–H and O–H groups in total. The number of piperidine rings is 1. The third kappa shape index (κ3) is 7.45. The molecule has 0 aliphatic carbocycles. The Balaban J connectivity index is 1.60. The maximum atomic E-state index is 12.8. The maximum Gasteiger partial charge on any atom is 0.410 e. The van der Waals surface area contributed by atoms with Gasteiger partial charge in [0.05, 0.1) is 19.1 Å². The molecule has 0 atom stereocenters. The fourth-order valence-corrected chi connectivity index (χ4v) is 2.69. The van der Waals surface area contributed by atoms with E-state index in [0.29, 0.717) is 44.7 Å². The van der Waals surface area contributed by atoms with Crippen molar-refractivity contribution in [2.24, 2.45) is 5.92 Å². The Bertz CT molecular complexity index is 618. The molecule has 150 valence electrons. The van der Waals surface area contributed by atoms with Gasteiger partial charge in [-0.2, -0.15) is 0 Å². The zero-order valence-corrected chi connectivity index (χ0v) is 16.2. The number of esters is 1. The van der Waals surface area contributed by atoms with E-state index >= 15 is 0 Å². The summed E-state index contributed by atoms with van der Waals surface area (Å²) in [4.78, 5) is 25.8. The highest BCUT2D eigenvalue weighted by Gasteiger charge is 2.30. The van der Waals surface area contributed by atoms with Gasteiger partial charge in [0.2, 0.25) is 0 Å². The lowest BCUT2D eigenvalue weighted by atomic mass is 9.97. The minimum Gasteiger partial charge on any atom is -0.493 e. The van der Waals surface area contributed by atoms with Gasteiger partial charge in [0.1, 0.15) is 17.2 Å². The number of rotatable bonds is 6. The Kier molecular flexibility index (Phi) is 7.45. The second kappa shape index (κ2) is 9.58. The Morgan fingerprint density at radius 1 is 1.11 bits per heavy atom. The largest absolute Gasteiger partial charge is 0.493 e. The highest BCUT2D eigenvalue weighted by Crippen LogP contribution is 2.21. The molecule has 2 rings (SSSR count). The van der Waals surface area contributed by atoms with Crippen molar-refractivity contribution in [3.05, 3.63) is 30.1 Å². The predicted molar refractivity (Wildman–Crippen MR) is 98.0 cm³/mol. The number of ether oxygens (including phenoxy) is 3. The SMILES string of the molecule is CC(C)(C)OC(=O)N1CCC(C(=O)OCCCOc2ccc(F)cc2)CC1. The van der Waals surface area contributed by atoms with Crippen molar-refractivity contribution < 1.29 is 28.2 Å². The molecule has 1 heterocycles. The van der Waals surface area contributed by atoms with Gasteiger partial charge in [-0.3, -0.25) is 4.79 Å². The Morgan fingerprint density at radius 2 is 1.74 bits per heavy atom. The van der Waals surface area contributed by atoms with Crippen molar-refractivity contribution in [2.45, 2.75) is 45.6 Å². The normalized spacial score (nSPS) is 15.3. The second-order valence-electron chi connectivity index (χ2n) is 7.57. The van der Waals surface area contributed by atoms with Gasteiger partial charge in [0.15, 0.2) is 0 Å². The van der Waals surface area contributed by atoms with Crippen LogP contribution in [0.3, 0.4) is 0 Å². The van der Waals surface area contributed by atoms with Crippen molar-refractivity contribution in [1.82, 2.24) is 4.90 Å². The van der Waals surface area contributed by atoms with Crippen molar-refractivity contribution in [2.75, 3.05) is 26.3 Å². The summed E-state index contributed by atoms with van der Waals surface area (Å²) in [5, 5.41) is 0. The molecule has 1 amide bonds. The number of carbonyl (C=O) groups is 2. The summed E-state index contributed by atoms with van der Waals surface area (Å²) in [7, 11) is 0. The predicted octanol–water partition coefficient (Wildman–Crippen LogP) is 3.78. The lowest BCUT2D eigenvalue weighted by Crippen LogP contribution is -2.43. The Morgan fingerprint density at radius 3 is 2.33 bits per heavy atom. The van der Waals surface area contributed by atoms with E-state index in [2.05, 4.69) is 0 Å². The summed E-state index contributed by atoms with van der Waals surface area (Å²) in [6.45, 7) is 7.12. The molecule has 6 nitrogen and oxygen atoms in total. The quantitative estimate of drug-likeness (QED) is 0.554. The minimum absolute atomic E-state index is 0.193. The van der Waals surface area contributed by atoms with Gasteiger partial charge in [-0.05, 0) is 57.9 Å². The van der Waals surface area contributed by atoms with E-state index in [1.165, 1.54) is 12.1 Å². The average molecular weight is 381 g/mol. The van der Waals surface area contributed by atoms with Crippen LogP contribution in [0.1, 0.15) is 40.0 Å². The molecule has 1 aliphatic heterocycles. The summed E-state index contributed by atoms with van der Waals surface area (Å²) in [6.07, 6.45) is 1.36. The van der Waals surface area contributed by atoms with Crippen LogP contribution >= 0.6 is 0 Å². The van der Waals surface area contributed by atoms with Gasteiger partial charge < -0.3 is 19.1 Å². The molecule has 27 heavy (non-hydrogen) atoms. The molecule has 0 bridgehead atoms. The number of carbonyl (C=O) groups excluding carboxylic acids is 2.